The van der Waals surface area contributed by atoms with Gasteiger partial charge in [-0.2, -0.15) is 13.2 Å². The molecule has 146 valence electrons. The Kier molecular flexibility index (Phi) is 5.53. The highest BCUT2D eigenvalue weighted by Gasteiger charge is 2.32. The van der Waals surface area contributed by atoms with Gasteiger partial charge in [-0.15, -0.1) is 0 Å². The first-order chi connectivity index (χ1) is 12.6. The van der Waals surface area contributed by atoms with Gasteiger partial charge in [-0.25, -0.2) is 4.98 Å². The lowest BCUT2D eigenvalue weighted by Crippen LogP contribution is -2.46. The number of rotatable bonds is 3. The fourth-order valence-corrected chi connectivity index (χ4v) is 3.45. The number of aryl methyl sites for hydroxylation is 2. The second-order valence-electron chi connectivity index (χ2n) is 6.86. The van der Waals surface area contributed by atoms with Crippen molar-refractivity contribution in [2.45, 2.75) is 26.6 Å². The lowest BCUT2D eigenvalue weighted by molar-refractivity contribution is -0.137. The van der Waals surface area contributed by atoms with E-state index in [1.165, 1.54) is 0 Å². The Morgan fingerprint density at radius 3 is 2.30 bits per heavy atom. The smallest absolute Gasteiger partial charge is 0.417 e. The zero-order valence-electron chi connectivity index (χ0n) is 15.1. The quantitative estimate of drug-likeness (QED) is 0.830. The summed E-state index contributed by atoms with van der Waals surface area (Å²) >= 11 is 6.04. The molecule has 2 aromatic rings. The molecule has 0 saturated carbocycles. The zero-order valence-corrected chi connectivity index (χ0v) is 15.9. The molecular formula is C19H21ClF3N3O. The molecule has 1 aliphatic rings. The molecule has 1 saturated heterocycles. The second-order valence-corrected chi connectivity index (χ2v) is 7.26. The van der Waals surface area contributed by atoms with Crippen LogP contribution in [0.2, 0.25) is 5.02 Å². The number of phenols is 1. The summed E-state index contributed by atoms with van der Waals surface area (Å²) in [5.41, 5.74) is 2.20. The van der Waals surface area contributed by atoms with Crippen LogP contribution in [0.25, 0.3) is 0 Å². The molecule has 0 radical (unpaired) electrons. The highest BCUT2D eigenvalue weighted by Crippen LogP contribution is 2.34. The number of piperazine rings is 1. The lowest BCUT2D eigenvalue weighted by atomic mass is 10.0. The van der Waals surface area contributed by atoms with E-state index in [0.29, 0.717) is 38.5 Å². The summed E-state index contributed by atoms with van der Waals surface area (Å²) in [5, 5.41) is 10.2. The Morgan fingerprint density at radius 2 is 1.70 bits per heavy atom. The van der Waals surface area contributed by atoms with Crippen molar-refractivity contribution in [2.24, 2.45) is 0 Å². The number of hydrogen-bond donors (Lipinski definition) is 1. The van der Waals surface area contributed by atoms with Crippen molar-refractivity contribution in [1.82, 2.24) is 9.88 Å². The third kappa shape index (κ3) is 4.47. The van der Waals surface area contributed by atoms with E-state index in [1.54, 1.807) is 6.07 Å². The number of aromatic nitrogens is 1. The fraction of sp³-hybridized carbons (Fsp3) is 0.421. The third-order valence-corrected chi connectivity index (χ3v) is 5.19. The molecular weight excluding hydrogens is 379 g/mol. The maximum Gasteiger partial charge on any atom is 0.417 e. The maximum absolute atomic E-state index is 12.7. The predicted octanol–water partition coefficient (Wildman–Crippen LogP) is 4.40. The standard InChI is InChI=1S/C19H21ClF3N3O/c1-12-7-14(17(27)8-13(12)2)11-25-3-5-26(6-4-25)18-16(20)9-15(10-24-18)19(21,22)23/h7-10,27H,3-6,11H2,1-2H3. The van der Waals surface area contributed by atoms with Gasteiger partial charge in [-0.1, -0.05) is 17.7 Å². The third-order valence-electron chi connectivity index (χ3n) is 4.91. The van der Waals surface area contributed by atoms with Crippen LogP contribution in [0.5, 0.6) is 5.75 Å². The van der Waals surface area contributed by atoms with E-state index in [-0.39, 0.29) is 10.8 Å². The predicted molar refractivity (Wildman–Crippen MR) is 99.3 cm³/mol. The highest BCUT2D eigenvalue weighted by molar-refractivity contribution is 6.33. The van der Waals surface area contributed by atoms with Gasteiger partial charge < -0.3 is 10.0 Å². The molecule has 1 aromatic heterocycles. The summed E-state index contributed by atoms with van der Waals surface area (Å²) < 4.78 is 38.2. The van der Waals surface area contributed by atoms with E-state index in [9.17, 15) is 18.3 Å². The number of alkyl halides is 3. The number of hydrogen-bond acceptors (Lipinski definition) is 4. The summed E-state index contributed by atoms with van der Waals surface area (Å²) in [7, 11) is 0. The first-order valence-electron chi connectivity index (χ1n) is 8.64. The zero-order chi connectivity index (χ0) is 19.8. The molecule has 0 bridgehead atoms. The number of nitrogens with zero attached hydrogens (tertiary/aromatic N) is 3. The molecule has 1 aromatic carbocycles. The molecule has 0 spiro atoms. The van der Waals surface area contributed by atoms with Crippen LogP contribution in [-0.4, -0.2) is 41.2 Å². The van der Waals surface area contributed by atoms with Crippen LogP contribution in [0.1, 0.15) is 22.3 Å². The minimum atomic E-state index is -4.46. The molecule has 0 aliphatic carbocycles. The molecule has 0 unspecified atom stereocenters. The van der Waals surface area contributed by atoms with Gasteiger partial charge in [-0.05, 0) is 37.1 Å². The van der Waals surface area contributed by atoms with Crippen molar-refractivity contribution in [3.8, 4) is 5.75 Å². The molecule has 3 rings (SSSR count). The Labute approximate surface area is 161 Å². The normalized spacial score (nSPS) is 16.0. The van der Waals surface area contributed by atoms with Crippen LogP contribution in [0.15, 0.2) is 24.4 Å². The minimum absolute atomic E-state index is 0.00470. The van der Waals surface area contributed by atoms with E-state index in [4.69, 9.17) is 11.6 Å². The lowest BCUT2D eigenvalue weighted by Gasteiger charge is -2.36. The molecule has 27 heavy (non-hydrogen) atoms. The highest BCUT2D eigenvalue weighted by atomic mass is 35.5. The fourth-order valence-electron chi connectivity index (χ4n) is 3.16. The van der Waals surface area contributed by atoms with Crippen LogP contribution in [0.3, 0.4) is 0 Å². The van der Waals surface area contributed by atoms with Gasteiger partial charge in [0.2, 0.25) is 0 Å². The van der Waals surface area contributed by atoms with Gasteiger partial charge in [0.15, 0.2) is 0 Å². The number of anilines is 1. The Hall–Kier alpha value is -1.99. The van der Waals surface area contributed by atoms with Gasteiger partial charge in [-0.3, -0.25) is 4.90 Å². The first-order valence-corrected chi connectivity index (χ1v) is 9.02. The maximum atomic E-state index is 12.7. The van der Waals surface area contributed by atoms with E-state index >= 15 is 0 Å². The summed E-state index contributed by atoms with van der Waals surface area (Å²) in [4.78, 5) is 8.01. The largest absolute Gasteiger partial charge is 0.508 e. The van der Waals surface area contributed by atoms with Gasteiger partial charge in [0.1, 0.15) is 11.6 Å². The van der Waals surface area contributed by atoms with Crippen molar-refractivity contribution in [3.63, 3.8) is 0 Å². The summed E-state index contributed by atoms with van der Waals surface area (Å²) in [6.07, 6.45) is -3.64. The molecule has 1 fully saturated rings. The number of halogens is 4. The van der Waals surface area contributed by atoms with Crippen LogP contribution >= 0.6 is 11.6 Å². The van der Waals surface area contributed by atoms with Crippen LogP contribution in [-0.2, 0) is 12.7 Å². The number of pyridine rings is 1. The average Bonchev–Trinajstić information content (AvgIpc) is 2.59. The average molecular weight is 400 g/mol. The SMILES string of the molecule is Cc1cc(O)c(CN2CCN(c3ncc(C(F)(F)F)cc3Cl)CC2)cc1C. The number of benzene rings is 1. The van der Waals surface area contributed by atoms with Crippen LogP contribution in [0, 0.1) is 13.8 Å². The monoisotopic (exact) mass is 399 g/mol. The van der Waals surface area contributed by atoms with E-state index in [0.717, 1.165) is 29.0 Å². The number of aromatic hydroxyl groups is 1. The van der Waals surface area contributed by atoms with Crippen molar-refractivity contribution >= 4 is 17.4 Å². The van der Waals surface area contributed by atoms with Gasteiger partial charge in [0, 0.05) is 44.5 Å². The van der Waals surface area contributed by atoms with Gasteiger partial charge in [0.05, 0.1) is 10.6 Å². The van der Waals surface area contributed by atoms with E-state index in [1.807, 2.05) is 24.8 Å². The molecule has 2 heterocycles. The van der Waals surface area contributed by atoms with E-state index < -0.39 is 11.7 Å². The Morgan fingerprint density at radius 1 is 1.07 bits per heavy atom. The van der Waals surface area contributed by atoms with E-state index in [2.05, 4.69) is 9.88 Å². The second kappa shape index (κ2) is 7.56. The molecule has 0 atom stereocenters. The minimum Gasteiger partial charge on any atom is -0.508 e. The van der Waals surface area contributed by atoms with Crippen molar-refractivity contribution < 1.29 is 18.3 Å². The summed E-state index contributed by atoms with van der Waals surface area (Å²) in [6.45, 7) is 7.19. The van der Waals surface area contributed by atoms with Crippen molar-refractivity contribution in [1.29, 1.82) is 0 Å². The molecule has 0 amide bonds. The number of phenolic OH excluding ortho intramolecular Hbond substituents is 1. The molecule has 1 aliphatic heterocycles. The van der Waals surface area contributed by atoms with Crippen molar-refractivity contribution in [2.75, 3.05) is 31.1 Å². The summed E-state index contributed by atoms with van der Waals surface area (Å²) in [5.74, 6) is 0.659. The Balaban J connectivity index is 1.65. The summed E-state index contributed by atoms with van der Waals surface area (Å²) in [6, 6.07) is 4.68. The molecule has 4 nitrogen and oxygen atoms in total. The van der Waals surface area contributed by atoms with Crippen LogP contribution in [0.4, 0.5) is 19.0 Å². The van der Waals surface area contributed by atoms with Crippen molar-refractivity contribution in [3.05, 3.63) is 51.7 Å². The van der Waals surface area contributed by atoms with Crippen LogP contribution < -0.4 is 4.90 Å². The first kappa shape index (κ1) is 19.8. The van der Waals surface area contributed by atoms with Gasteiger partial charge in [0.25, 0.3) is 0 Å². The Bertz CT molecular complexity index is 834. The molecule has 8 heteroatoms. The van der Waals surface area contributed by atoms with Gasteiger partial charge >= 0.3 is 6.18 Å². The molecule has 1 N–H and O–H groups in total. The topological polar surface area (TPSA) is 39.6 Å².